The Bertz CT molecular complexity index is 1090. The molecule has 4 fully saturated rings. The second-order valence-corrected chi connectivity index (χ2v) is 10.6. The molecule has 2 aromatic rings. The summed E-state index contributed by atoms with van der Waals surface area (Å²) in [5.74, 6) is 2.66. The highest BCUT2D eigenvalue weighted by atomic mass is 16.2. The van der Waals surface area contributed by atoms with E-state index < -0.39 is 5.54 Å². The fourth-order valence-electron chi connectivity index (χ4n) is 6.54. The van der Waals surface area contributed by atoms with Crippen LogP contribution in [-0.4, -0.2) is 65.2 Å². The van der Waals surface area contributed by atoms with E-state index in [0.29, 0.717) is 23.8 Å². The van der Waals surface area contributed by atoms with Gasteiger partial charge in [-0.25, -0.2) is 9.97 Å². The zero-order valence-corrected chi connectivity index (χ0v) is 18.8. The van der Waals surface area contributed by atoms with Gasteiger partial charge in [0.05, 0.1) is 11.9 Å². The van der Waals surface area contributed by atoms with E-state index in [1.807, 2.05) is 18.5 Å². The quantitative estimate of drug-likeness (QED) is 0.651. The molecule has 172 valence electrons. The van der Waals surface area contributed by atoms with E-state index >= 15 is 0 Å². The van der Waals surface area contributed by atoms with Gasteiger partial charge in [-0.05, 0) is 31.4 Å². The van der Waals surface area contributed by atoms with Crippen LogP contribution in [0.2, 0.25) is 0 Å². The number of hydrogen-bond donors (Lipinski definition) is 3. The molecule has 0 aromatic carbocycles. The van der Waals surface area contributed by atoms with Gasteiger partial charge in [-0.1, -0.05) is 12.8 Å². The number of amides is 1. The first-order chi connectivity index (χ1) is 16.1. The fraction of sp³-hybridized carbons (Fsp3) is 0.583. The third-order valence-corrected chi connectivity index (χ3v) is 8.33. The number of pyridine rings is 1. The van der Waals surface area contributed by atoms with Crippen molar-refractivity contribution in [3.05, 3.63) is 30.1 Å². The van der Waals surface area contributed by atoms with Crippen molar-refractivity contribution < 1.29 is 4.79 Å². The normalized spacial score (nSPS) is 27.6. The molecular weight excluding hydrogens is 416 g/mol. The number of carbonyl (C=O) groups excluding carboxylic acids is 1. The van der Waals surface area contributed by atoms with E-state index in [-0.39, 0.29) is 5.91 Å². The van der Waals surface area contributed by atoms with Crippen molar-refractivity contribution in [3.8, 4) is 0 Å². The second kappa shape index (κ2) is 7.03. The van der Waals surface area contributed by atoms with E-state index in [2.05, 4.69) is 41.8 Å². The minimum atomic E-state index is -0.488. The molecule has 6 heterocycles. The summed E-state index contributed by atoms with van der Waals surface area (Å²) in [7, 11) is 0. The minimum Gasteiger partial charge on any atom is -0.355 e. The Kier molecular flexibility index (Phi) is 4.16. The van der Waals surface area contributed by atoms with Crippen molar-refractivity contribution in [2.24, 2.45) is 5.41 Å². The average Bonchev–Trinajstić information content (AvgIpc) is 3.47. The first kappa shape index (κ1) is 19.5. The monoisotopic (exact) mass is 446 g/mol. The first-order valence-electron chi connectivity index (χ1n) is 12.3. The predicted molar refractivity (Wildman–Crippen MR) is 126 cm³/mol. The van der Waals surface area contributed by atoms with Crippen LogP contribution in [0.3, 0.4) is 0 Å². The molecule has 9 nitrogen and oxygen atoms in total. The number of hydrogen-bond acceptors (Lipinski definition) is 8. The highest BCUT2D eigenvalue weighted by Crippen LogP contribution is 2.46. The maximum atomic E-state index is 13.0. The van der Waals surface area contributed by atoms with Gasteiger partial charge in [0, 0.05) is 62.4 Å². The summed E-state index contributed by atoms with van der Waals surface area (Å²) >= 11 is 0. The van der Waals surface area contributed by atoms with E-state index in [1.54, 1.807) is 0 Å². The molecule has 3 saturated heterocycles. The van der Waals surface area contributed by atoms with Gasteiger partial charge < -0.3 is 25.8 Å². The molecule has 0 radical (unpaired) electrons. The Morgan fingerprint density at radius 3 is 2.61 bits per heavy atom. The molecule has 1 amide bonds. The Hall–Kier alpha value is -2.94. The van der Waals surface area contributed by atoms with Crippen LogP contribution >= 0.6 is 0 Å². The lowest BCUT2D eigenvalue weighted by atomic mass is 9.74. The molecule has 7 rings (SSSR count). The number of nitrogens with one attached hydrogen (secondary N) is 3. The van der Waals surface area contributed by atoms with Crippen molar-refractivity contribution in [2.75, 3.05) is 47.8 Å². The highest BCUT2D eigenvalue weighted by Gasteiger charge is 2.55. The lowest BCUT2D eigenvalue weighted by Gasteiger charge is -2.56. The number of carbonyl (C=O) groups is 1. The topological polar surface area (TPSA) is 98.3 Å². The number of nitrogens with zero attached hydrogens (tertiary/aromatic N) is 5. The predicted octanol–water partition coefficient (Wildman–Crippen LogP) is 1.59. The van der Waals surface area contributed by atoms with Crippen LogP contribution < -0.4 is 25.8 Å². The molecule has 0 bridgehead atoms. The molecule has 4 aliphatic heterocycles. The molecule has 1 aliphatic carbocycles. The number of aromatic nitrogens is 3. The van der Waals surface area contributed by atoms with Gasteiger partial charge in [0.1, 0.15) is 17.2 Å². The summed E-state index contributed by atoms with van der Waals surface area (Å²) in [6.45, 7) is 5.15. The molecule has 1 unspecified atom stereocenters. The summed E-state index contributed by atoms with van der Waals surface area (Å²) in [4.78, 5) is 31.8. The maximum Gasteiger partial charge on any atom is 0.246 e. The SMILES string of the molecule is O=C1NCCC12Cc1cnc(Nc3ccc(N4CC5(CNC5)C4)nc3)nc1N2C1CCCC1. The highest BCUT2D eigenvalue weighted by molar-refractivity contribution is 5.94. The van der Waals surface area contributed by atoms with Gasteiger partial charge in [0.25, 0.3) is 0 Å². The minimum absolute atomic E-state index is 0.146. The summed E-state index contributed by atoms with van der Waals surface area (Å²) in [6, 6.07) is 4.49. The molecule has 2 spiro atoms. The summed E-state index contributed by atoms with van der Waals surface area (Å²) in [6.07, 6.45) is 9.99. The molecule has 1 saturated carbocycles. The van der Waals surface area contributed by atoms with E-state index in [9.17, 15) is 4.79 Å². The maximum absolute atomic E-state index is 13.0. The summed E-state index contributed by atoms with van der Waals surface area (Å²) in [5.41, 5.74) is 1.95. The number of anilines is 4. The van der Waals surface area contributed by atoms with Crippen LogP contribution in [0.4, 0.5) is 23.3 Å². The standard InChI is InChI=1S/C24H30N8O/c33-21-24(7-8-26-21)9-16-10-28-22(30-20(16)32(24)18-3-1-2-4-18)29-17-5-6-19(27-11-17)31-14-23(15-31)12-25-13-23/h5-6,10-11,18,25H,1-4,7-9,12-15H2,(H,26,33)(H,28,29,30). The number of fused-ring (bicyclic) bond motifs is 1. The van der Waals surface area contributed by atoms with Crippen molar-refractivity contribution in [1.82, 2.24) is 25.6 Å². The molecule has 33 heavy (non-hydrogen) atoms. The van der Waals surface area contributed by atoms with E-state index in [0.717, 1.165) is 74.9 Å². The van der Waals surface area contributed by atoms with Crippen LogP contribution in [0.5, 0.6) is 0 Å². The fourth-order valence-corrected chi connectivity index (χ4v) is 6.54. The molecule has 1 atom stereocenters. The summed E-state index contributed by atoms with van der Waals surface area (Å²) in [5, 5.41) is 9.78. The number of rotatable bonds is 4. The van der Waals surface area contributed by atoms with Crippen LogP contribution in [0.15, 0.2) is 24.5 Å². The van der Waals surface area contributed by atoms with Crippen LogP contribution in [-0.2, 0) is 11.2 Å². The van der Waals surface area contributed by atoms with Crippen molar-refractivity contribution in [3.63, 3.8) is 0 Å². The third kappa shape index (κ3) is 2.94. The zero-order chi connectivity index (χ0) is 22.0. The van der Waals surface area contributed by atoms with Crippen LogP contribution in [0, 0.1) is 5.41 Å². The van der Waals surface area contributed by atoms with E-state index in [1.165, 1.54) is 12.8 Å². The lowest BCUT2D eigenvalue weighted by molar-refractivity contribution is -0.123. The molecule has 5 aliphatic rings. The van der Waals surface area contributed by atoms with Gasteiger partial charge >= 0.3 is 0 Å². The van der Waals surface area contributed by atoms with Crippen molar-refractivity contribution in [1.29, 1.82) is 0 Å². The Balaban J connectivity index is 1.12. The molecule has 3 N–H and O–H groups in total. The molecule has 2 aromatic heterocycles. The van der Waals surface area contributed by atoms with Gasteiger partial charge in [-0.3, -0.25) is 4.79 Å². The first-order valence-corrected chi connectivity index (χ1v) is 12.3. The van der Waals surface area contributed by atoms with Gasteiger partial charge in [0.2, 0.25) is 11.9 Å². The third-order valence-electron chi connectivity index (χ3n) is 8.33. The van der Waals surface area contributed by atoms with Gasteiger partial charge in [0.15, 0.2) is 0 Å². The molecular formula is C24H30N8O. The Morgan fingerprint density at radius 1 is 1.09 bits per heavy atom. The summed E-state index contributed by atoms with van der Waals surface area (Å²) < 4.78 is 0. The zero-order valence-electron chi connectivity index (χ0n) is 18.8. The van der Waals surface area contributed by atoms with Crippen molar-refractivity contribution in [2.45, 2.75) is 50.1 Å². The molecule has 9 heteroatoms. The van der Waals surface area contributed by atoms with Crippen LogP contribution in [0.25, 0.3) is 0 Å². The van der Waals surface area contributed by atoms with Gasteiger partial charge in [-0.15, -0.1) is 0 Å². The van der Waals surface area contributed by atoms with Crippen molar-refractivity contribution >= 4 is 29.2 Å². The Labute approximate surface area is 193 Å². The second-order valence-electron chi connectivity index (χ2n) is 10.6. The van der Waals surface area contributed by atoms with E-state index in [4.69, 9.17) is 4.98 Å². The Morgan fingerprint density at radius 2 is 1.94 bits per heavy atom. The van der Waals surface area contributed by atoms with Gasteiger partial charge in [-0.2, -0.15) is 4.98 Å². The van der Waals surface area contributed by atoms with Crippen LogP contribution in [0.1, 0.15) is 37.7 Å². The largest absolute Gasteiger partial charge is 0.355 e. The smallest absolute Gasteiger partial charge is 0.246 e. The lowest BCUT2D eigenvalue weighted by Crippen LogP contribution is -2.71. The average molecular weight is 447 g/mol.